The lowest BCUT2D eigenvalue weighted by Crippen LogP contribution is -2.34. The van der Waals surface area contributed by atoms with E-state index in [1.807, 2.05) is 45.0 Å². The Morgan fingerprint density at radius 1 is 0.523 bits per heavy atom. The van der Waals surface area contributed by atoms with Gasteiger partial charge in [-0.2, -0.15) is 23.7 Å². The first-order chi connectivity index (χ1) is 40.3. The van der Waals surface area contributed by atoms with Gasteiger partial charge in [-0.05, 0) is 113 Å². The van der Waals surface area contributed by atoms with Gasteiger partial charge in [-0.25, -0.2) is 8.42 Å². The number of amides is 1. The molecule has 32 heteroatoms. The molecule has 0 spiro atoms. The minimum atomic E-state index is -4.39. The minimum absolute atomic E-state index is 0.0352. The van der Waals surface area contributed by atoms with E-state index < -0.39 is 71.4 Å². The predicted octanol–water partition coefficient (Wildman–Crippen LogP) is -3.28. The fourth-order valence-corrected chi connectivity index (χ4v) is 7.07. The first-order valence-corrected chi connectivity index (χ1v) is 27.3. The summed E-state index contributed by atoms with van der Waals surface area (Å²) in [6, 6.07) is 45.8. The fourth-order valence-electron chi connectivity index (χ4n) is 6.44. The van der Waals surface area contributed by atoms with Crippen LogP contribution in [0.4, 0.5) is 13.2 Å². The Balaban J connectivity index is 0.000000504. The quantitative estimate of drug-likeness (QED) is 0.0504. The summed E-state index contributed by atoms with van der Waals surface area (Å²) in [7, 11) is -12.2. The van der Waals surface area contributed by atoms with Gasteiger partial charge in [-0.1, -0.05) is 127 Å². The molecular formula is C54H63B7F3N3O18S. The van der Waals surface area contributed by atoms with E-state index in [1.54, 1.807) is 109 Å². The van der Waals surface area contributed by atoms with Crippen LogP contribution in [0.15, 0.2) is 175 Å². The molecule has 21 nitrogen and oxygen atoms in total. The molecule has 0 aliphatic rings. The Hall–Kier alpha value is -7.58. The maximum Gasteiger partial charge on any atom is 0.488 e. The van der Waals surface area contributed by atoms with Gasteiger partial charge in [0.05, 0.1) is 41.7 Å². The normalized spacial score (nSPS) is 10.0. The van der Waals surface area contributed by atoms with Gasteiger partial charge in [0.2, 0.25) is 0 Å². The number of halogens is 3. The third kappa shape index (κ3) is 29.5. The Morgan fingerprint density at radius 2 is 0.884 bits per heavy atom. The highest BCUT2D eigenvalue weighted by atomic mass is 32.2. The summed E-state index contributed by atoms with van der Waals surface area (Å²) in [5.41, 5.74) is 4.50. The Labute approximate surface area is 498 Å². The Morgan fingerprint density at radius 3 is 1.23 bits per heavy atom. The molecule has 0 atom stereocenters. The zero-order chi connectivity index (χ0) is 65.3. The van der Waals surface area contributed by atoms with Crippen molar-refractivity contribution in [2.24, 2.45) is 0 Å². The number of carbonyl (C=O) groups excluding carboxylic acids is 1. The van der Waals surface area contributed by atoms with Crippen LogP contribution >= 0.6 is 0 Å². The summed E-state index contributed by atoms with van der Waals surface area (Å²) >= 11 is 0. The number of methoxy groups -OCH3 is 1. The molecule has 0 heterocycles. The monoisotopic (exact) mass is 1210 g/mol. The molecule has 0 aliphatic carbocycles. The van der Waals surface area contributed by atoms with E-state index in [9.17, 15) is 26.4 Å². The van der Waals surface area contributed by atoms with Gasteiger partial charge in [0.1, 0.15) is 5.75 Å². The van der Waals surface area contributed by atoms with Gasteiger partial charge in [0.25, 0.3) is 5.91 Å². The zero-order valence-corrected chi connectivity index (χ0v) is 47.9. The van der Waals surface area contributed by atoms with E-state index >= 15 is 0 Å². The van der Waals surface area contributed by atoms with Crippen LogP contribution in [0.25, 0.3) is 0 Å². The fraction of sp³-hybridized carbons (Fsp3) is 0.167. The van der Waals surface area contributed by atoms with E-state index in [-0.39, 0.29) is 21.7 Å². The maximum atomic E-state index is 12.0. The van der Waals surface area contributed by atoms with Crippen molar-refractivity contribution >= 4 is 104 Å². The number of hydrogen-bond acceptors (Lipinski definition) is 20. The molecule has 0 unspecified atom stereocenters. The largest absolute Gasteiger partial charge is 0.497 e. The second-order valence-electron chi connectivity index (χ2n) is 17.7. The number of alkyl halides is 3. The minimum Gasteiger partial charge on any atom is -0.497 e. The third-order valence-corrected chi connectivity index (χ3v) is 12.4. The van der Waals surface area contributed by atoms with Crippen molar-refractivity contribution in [2.45, 2.75) is 38.3 Å². The molecule has 0 saturated carbocycles. The summed E-state index contributed by atoms with van der Waals surface area (Å²) in [6.45, 7) is 7.05. The number of sulfone groups is 1. The molecule has 0 saturated heterocycles. The molecule has 86 heavy (non-hydrogen) atoms. The number of hydrogen-bond donors (Lipinski definition) is 14. The Bertz CT molecular complexity index is 3270. The standard InChI is InChI=1S/C11H16BNO3.C8H8BNO2.C7H6BF3O2.C7H6BNO2.C7H9BO4S.C7H9BO3.C7H9BO2/c1-3-13(4-2)11(14)9-6-5-7-10(8-9)12(15)16;10-6-5-7-1-3-8(4-2-7)9(11)12;9-7(10,11)5-1-3-6(4-2-5)8(12)13;9-5-6-2-1-3-7(4-6)8(10)11;1-13(11,12)7-4-2-6(3-5-7)8(9)10;1-11-7-4-2-6(3-5-7)8(9)10;1-6-2-4-7(5-3-6)8(9)10/h5-8,15-16H,3-4H2,1-2H3;1-4,11-12H,5H2;1-4,12-13H;1-4,10-11H;2-5,9-10H,1H3;2-5,9-10H,1H3;2-5,9-10H,1H3. The SMILES string of the molecule is CCN(CC)C(=O)c1cccc(B(O)O)c1.COc1ccc(B(O)O)cc1.CS(=O)(=O)c1ccc(B(O)O)cc1.Cc1ccc(B(O)O)cc1.N#CCc1ccc(B(O)O)cc1.N#Cc1cccc(B(O)O)c1.OB(O)c1ccc(C(F)(F)F)cc1. The van der Waals surface area contributed by atoms with Crippen molar-refractivity contribution in [3.8, 4) is 17.9 Å². The average molecular weight is 1210 g/mol. The van der Waals surface area contributed by atoms with Gasteiger partial charge in [0, 0.05) is 24.9 Å². The molecule has 7 aromatic carbocycles. The molecule has 0 bridgehead atoms. The number of nitriles is 2. The van der Waals surface area contributed by atoms with Crippen molar-refractivity contribution in [2.75, 3.05) is 26.5 Å². The Kier molecular flexibility index (Phi) is 34.8. The molecule has 0 aliphatic heterocycles. The molecule has 0 aromatic heterocycles. The molecular weight excluding hydrogens is 1140 g/mol. The summed E-state index contributed by atoms with van der Waals surface area (Å²) in [5, 5.41) is 139. The van der Waals surface area contributed by atoms with Crippen LogP contribution in [0, 0.1) is 29.6 Å². The first kappa shape index (κ1) is 76.4. The zero-order valence-electron chi connectivity index (χ0n) is 47.1. The average Bonchev–Trinajstić information content (AvgIpc) is 3.62. The highest BCUT2D eigenvalue weighted by molar-refractivity contribution is 7.90. The van der Waals surface area contributed by atoms with Crippen molar-refractivity contribution in [3.05, 3.63) is 198 Å². The smallest absolute Gasteiger partial charge is 0.488 e. The second-order valence-corrected chi connectivity index (χ2v) is 19.7. The third-order valence-electron chi connectivity index (χ3n) is 11.3. The molecule has 14 N–H and O–H groups in total. The van der Waals surface area contributed by atoms with Crippen LogP contribution in [0.5, 0.6) is 5.75 Å². The highest BCUT2D eigenvalue weighted by Gasteiger charge is 2.30. The van der Waals surface area contributed by atoms with Gasteiger partial charge >= 0.3 is 56.0 Å². The van der Waals surface area contributed by atoms with E-state index in [1.165, 1.54) is 36.4 Å². The van der Waals surface area contributed by atoms with Crippen LogP contribution in [0.1, 0.15) is 46.5 Å². The molecule has 0 fully saturated rings. The van der Waals surface area contributed by atoms with Gasteiger partial charge in [-0.3, -0.25) is 4.79 Å². The highest BCUT2D eigenvalue weighted by Crippen LogP contribution is 2.28. The lowest BCUT2D eigenvalue weighted by molar-refractivity contribution is -0.137. The summed E-state index contributed by atoms with van der Waals surface area (Å²) in [4.78, 5) is 13.8. The summed E-state index contributed by atoms with van der Waals surface area (Å²) < 4.78 is 62.9. The molecule has 1 amide bonds. The molecule has 0 radical (unpaired) electrons. The number of aryl methyl sites for hydroxylation is 1. The van der Waals surface area contributed by atoms with E-state index in [4.69, 9.17) is 85.6 Å². The number of nitrogens with zero attached hydrogens (tertiary/aromatic N) is 3. The van der Waals surface area contributed by atoms with Crippen molar-refractivity contribution in [1.82, 2.24) is 4.90 Å². The maximum absolute atomic E-state index is 12.0. The van der Waals surface area contributed by atoms with Crippen LogP contribution in [0.2, 0.25) is 0 Å². The van der Waals surface area contributed by atoms with Crippen LogP contribution in [-0.2, 0) is 22.4 Å². The number of carbonyl (C=O) groups is 1. The molecule has 7 rings (SSSR count). The van der Waals surface area contributed by atoms with Gasteiger partial charge in [0.15, 0.2) is 9.84 Å². The summed E-state index contributed by atoms with van der Waals surface area (Å²) in [5.74, 6) is 0.613. The topological polar surface area (TPSA) is 394 Å². The number of rotatable bonds is 13. The lowest BCUT2D eigenvalue weighted by Gasteiger charge is -2.18. The van der Waals surface area contributed by atoms with Crippen LogP contribution < -0.4 is 43.0 Å². The molecule has 450 valence electrons. The lowest BCUT2D eigenvalue weighted by atomic mass is 9.79. The van der Waals surface area contributed by atoms with E-state index in [2.05, 4.69) is 0 Å². The van der Waals surface area contributed by atoms with Gasteiger partial charge < -0.3 is 80.0 Å². The van der Waals surface area contributed by atoms with Crippen LogP contribution in [0.3, 0.4) is 0 Å². The van der Waals surface area contributed by atoms with E-state index in [0.717, 1.165) is 41.6 Å². The van der Waals surface area contributed by atoms with E-state index in [0.29, 0.717) is 63.7 Å². The summed E-state index contributed by atoms with van der Waals surface area (Å²) in [6.07, 6.45) is -2.95. The van der Waals surface area contributed by atoms with Crippen LogP contribution in [-0.4, -0.2) is 166 Å². The number of benzene rings is 7. The first-order valence-electron chi connectivity index (χ1n) is 25.4. The second kappa shape index (κ2) is 39.2. The molecule has 7 aromatic rings. The van der Waals surface area contributed by atoms with Crippen molar-refractivity contribution < 1.29 is 101 Å². The predicted molar refractivity (Wildman–Crippen MR) is 325 cm³/mol. The number of ether oxygens (including phenoxy) is 1. The van der Waals surface area contributed by atoms with Crippen molar-refractivity contribution in [3.63, 3.8) is 0 Å². The van der Waals surface area contributed by atoms with Crippen molar-refractivity contribution in [1.29, 1.82) is 10.5 Å². The van der Waals surface area contributed by atoms with Gasteiger partial charge in [-0.15, -0.1) is 0 Å².